The van der Waals surface area contributed by atoms with Crippen LogP contribution in [0, 0.1) is 0 Å². The van der Waals surface area contributed by atoms with Crippen molar-refractivity contribution >= 4 is 0 Å². The van der Waals surface area contributed by atoms with Crippen LogP contribution in [0.3, 0.4) is 0 Å². The minimum absolute atomic E-state index is 0.116. The van der Waals surface area contributed by atoms with Gasteiger partial charge in [-0.3, -0.25) is 14.8 Å². The van der Waals surface area contributed by atoms with Gasteiger partial charge in [-0.1, -0.05) is 26.8 Å². The van der Waals surface area contributed by atoms with Crippen LogP contribution < -0.4 is 0 Å². The lowest BCUT2D eigenvalue weighted by Crippen LogP contribution is -2.47. The molecule has 0 aliphatic carbocycles. The first kappa shape index (κ1) is 16.4. The Morgan fingerprint density at radius 3 is 2.24 bits per heavy atom. The summed E-state index contributed by atoms with van der Waals surface area (Å²) < 4.78 is 0. The van der Waals surface area contributed by atoms with Crippen LogP contribution in [0.4, 0.5) is 0 Å². The topological polar surface area (TPSA) is 39.6 Å². The summed E-state index contributed by atoms with van der Waals surface area (Å²) in [5.74, 6) is 0. The first-order valence-electron chi connectivity index (χ1n) is 7.93. The molecule has 1 aliphatic rings. The van der Waals surface area contributed by atoms with E-state index in [1.807, 2.05) is 13.1 Å². The van der Waals surface area contributed by atoms with Crippen molar-refractivity contribution in [1.82, 2.24) is 14.8 Å². The molecule has 0 amide bonds. The zero-order chi connectivity index (χ0) is 15.5. The highest BCUT2D eigenvalue weighted by molar-refractivity contribution is 5.19. The molecule has 1 aromatic rings. The molecule has 0 unspecified atom stereocenters. The van der Waals surface area contributed by atoms with Gasteiger partial charge < -0.3 is 5.11 Å². The zero-order valence-corrected chi connectivity index (χ0v) is 13.8. The molecule has 4 heteroatoms. The molecule has 2 rings (SSSR count). The maximum atomic E-state index is 9.43. The fourth-order valence-electron chi connectivity index (χ4n) is 2.72. The Labute approximate surface area is 128 Å². The Morgan fingerprint density at radius 1 is 1.14 bits per heavy atom. The highest BCUT2D eigenvalue weighted by Crippen LogP contribution is 2.20. The summed E-state index contributed by atoms with van der Waals surface area (Å²) >= 11 is 0. The Hall–Kier alpha value is -0.970. The van der Waals surface area contributed by atoms with Crippen LogP contribution in [0.15, 0.2) is 18.3 Å². The van der Waals surface area contributed by atoms with Crippen molar-refractivity contribution in [2.24, 2.45) is 0 Å². The average Bonchev–Trinajstić information content (AvgIpc) is 2.40. The fraction of sp³-hybridized carbons (Fsp3) is 0.706. The minimum atomic E-state index is -0.231. The van der Waals surface area contributed by atoms with Gasteiger partial charge in [0, 0.05) is 56.6 Å². The Morgan fingerprint density at radius 2 is 1.76 bits per heavy atom. The normalized spacial score (nSPS) is 19.7. The average molecular weight is 291 g/mol. The second kappa shape index (κ2) is 6.86. The standard InChI is InChI=1S/C17H29N3O/c1-14(21)12-19-7-9-20(10-8-19)13-15-5-6-16(18-11-15)17(2,3)4/h5-6,11,14,21H,7-10,12-13H2,1-4H3/t14-/m0/s1. The second-order valence-electron chi connectivity index (χ2n) is 7.23. The molecule has 118 valence electrons. The predicted octanol–water partition coefficient (Wildman–Crippen LogP) is 1.88. The molecular weight excluding hydrogens is 262 g/mol. The predicted molar refractivity (Wildman–Crippen MR) is 86.3 cm³/mol. The molecule has 1 aliphatic heterocycles. The number of hydrogen-bond acceptors (Lipinski definition) is 4. The van der Waals surface area contributed by atoms with E-state index in [9.17, 15) is 5.11 Å². The molecule has 1 saturated heterocycles. The van der Waals surface area contributed by atoms with Crippen molar-refractivity contribution < 1.29 is 5.11 Å². The summed E-state index contributed by atoms with van der Waals surface area (Å²) in [6.07, 6.45) is 1.79. The van der Waals surface area contributed by atoms with Crippen molar-refractivity contribution in [3.05, 3.63) is 29.6 Å². The number of hydrogen-bond donors (Lipinski definition) is 1. The zero-order valence-electron chi connectivity index (χ0n) is 13.8. The largest absolute Gasteiger partial charge is 0.392 e. The van der Waals surface area contributed by atoms with Gasteiger partial charge in [-0.05, 0) is 18.6 Å². The number of piperazine rings is 1. The lowest BCUT2D eigenvalue weighted by molar-refractivity contribution is 0.0780. The molecular formula is C17H29N3O. The van der Waals surface area contributed by atoms with E-state index in [4.69, 9.17) is 0 Å². The molecule has 2 heterocycles. The molecule has 21 heavy (non-hydrogen) atoms. The molecule has 0 spiro atoms. The third-order valence-electron chi connectivity index (χ3n) is 3.99. The lowest BCUT2D eigenvalue weighted by atomic mass is 9.91. The summed E-state index contributed by atoms with van der Waals surface area (Å²) in [6, 6.07) is 4.36. The summed E-state index contributed by atoms with van der Waals surface area (Å²) in [6.45, 7) is 14.4. The van der Waals surface area contributed by atoms with E-state index in [2.05, 4.69) is 47.7 Å². The molecule has 0 radical (unpaired) electrons. The van der Waals surface area contributed by atoms with Crippen molar-refractivity contribution in [1.29, 1.82) is 0 Å². The van der Waals surface area contributed by atoms with Gasteiger partial charge in [0.05, 0.1) is 6.10 Å². The van der Waals surface area contributed by atoms with Crippen LogP contribution >= 0.6 is 0 Å². The van der Waals surface area contributed by atoms with E-state index in [0.717, 1.165) is 45.0 Å². The maximum Gasteiger partial charge on any atom is 0.0639 e. The maximum absolute atomic E-state index is 9.43. The van der Waals surface area contributed by atoms with Gasteiger partial charge in [0.2, 0.25) is 0 Å². The SMILES string of the molecule is C[C@H](O)CN1CCN(Cc2ccc(C(C)(C)C)nc2)CC1. The number of aliphatic hydroxyl groups excluding tert-OH is 1. The highest BCUT2D eigenvalue weighted by Gasteiger charge is 2.19. The molecule has 1 fully saturated rings. The van der Waals surface area contributed by atoms with E-state index in [1.165, 1.54) is 5.56 Å². The van der Waals surface area contributed by atoms with Gasteiger partial charge in [-0.15, -0.1) is 0 Å². The van der Waals surface area contributed by atoms with Crippen LogP contribution in [0.25, 0.3) is 0 Å². The molecule has 4 nitrogen and oxygen atoms in total. The van der Waals surface area contributed by atoms with Crippen molar-refractivity contribution in [2.45, 2.75) is 45.8 Å². The summed E-state index contributed by atoms with van der Waals surface area (Å²) in [4.78, 5) is 9.40. The third-order valence-corrected chi connectivity index (χ3v) is 3.99. The van der Waals surface area contributed by atoms with E-state index in [1.54, 1.807) is 0 Å². The van der Waals surface area contributed by atoms with Crippen molar-refractivity contribution in [3.8, 4) is 0 Å². The van der Waals surface area contributed by atoms with Gasteiger partial charge in [0.15, 0.2) is 0 Å². The third kappa shape index (κ3) is 5.06. The monoisotopic (exact) mass is 291 g/mol. The van der Waals surface area contributed by atoms with Gasteiger partial charge in [-0.2, -0.15) is 0 Å². The lowest BCUT2D eigenvalue weighted by Gasteiger charge is -2.35. The van der Waals surface area contributed by atoms with Crippen LogP contribution in [-0.4, -0.2) is 58.7 Å². The number of β-amino-alcohol motifs (C(OH)–C–C–N with tert-alkyl or cyclic N) is 1. The molecule has 0 saturated carbocycles. The summed E-state index contributed by atoms with van der Waals surface area (Å²) in [5.41, 5.74) is 2.55. The molecule has 1 aromatic heterocycles. The Bertz CT molecular complexity index is 428. The van der Waals surface area contributed by atoms with Gasteiger partial charge >= 0.3 is 0 Å². The number of aromatic nitrogens is 1. The van der Waals surface area contributed by atoms with Crippen molar-refractivity contribution in [2.75, 3.05) is 32.7 Å². The molecule has 0 bridgehead atoms. The number of rotatable bonds is 4. The van der Waals surface area contributed by atoms with Crippen LogP contribution in [0.1, 0.15) is 39.0 Å². The fourth-order valence-corrected chi connectivity index (χ4v) is 2.72. The molecule has 0 aromatic carbocycles. The summed E-state index contributed by atoms with van der Waals surface area (Å²) in [5, 5.41) is 9.43. The van der Waals surface area contributed by atoms with Gasteiger partial charge in [0.1, 0.15) is 0 Å². The quantitative estimate of drug-likeness (QED) is 0.919. The van der Waals surface area contributed by atoms with Crippen LogP contribution in [0.5, 0.6) is 0 Å². The Kier molecular flexibility index (Phi) is 5.36. The van der Waals surface area contributed by atoms with E-state index < -0.39 is 0 Å². The second-order valence-corrected chi connectivity index (χ2v) is 7.23. The highest BCUT2D eigenvalue weighted by atomic mass is 16.3. The van der Waals surface area contributed by atoms with E-state index >= 15 is 0 Å². The first-order valence-corrected chi connectivity index (χ1v) is 7.93. The van der Waals surface area contributed by atoms with Crippen LogP contribution in [-0.2, 0) is 12.0 Å². The number of nitrogens with zero attached hydrogens (tertiary/aromatic N) is 3. The van der Waals surface area contributed by atoms with Crippen LogP contribution in [0.2, 0.25) is 0 Å². The van der Waals surface area contributed by atoms with E-state index in [-0.39, 0.29) is 11.5 Å². The van der Waals surface area contributed by atoms with Crippen molar-refractivity contribution in [3.63, 3.8) is 0 Å². The molecule has 1 N–H and O–H groups in total. The summed E-state index contributed by atoms with van der Waals surface area (Å²) in [7, 11) is 0. The minimum Gasteiger partial charge on any atom is -0.392 e. The number of pyridine rings is 1. The van der Waals surface area contributed by atoms with Gasteiger partial charge in [0.25, 0.3) is 0 Å². The van der Waals surface area contributed by atoms with E-state index in [0.29, 0.717) is 0 Å². The smallest absolute Gasteiger partial charge is 0.0639 e. The first-order chi connectivity index (χ1) is 9.84. The van der Waals surface area contributed by atoms with Gasteiger partial charge in [-0.25, -0.2) is 0 Å². The molecule has 1 atom stereocenters. The Balaban J connectivity index is 1.83. The number of aliphatic hydroxyl groups is 1.